The van der Waals surface area contributed by atoms with Gasteiger partial charge in [0.2, 0.25) is 5.91 Å². The Balaban J connectivity index is 2.63. The van der Waals surface area contributed by atoms with Crippen LogP contribution in [0, 0.1) is 0 Å². The van der Waals surface area contributed by atoms with Crippen molar-refractivity contribution in [1.82, 2.24) is 5.32 Å². The van der Waals surface area contributed by atoms with Crippen molar-refractivity contribution < 1.29 is 9.22 Å². The molecule has 0 aliphatic carbocycles. The molecule has 0 spiro atoms. The van der Waals surface area contributed by atoms with Gasteiger partial charge in [0.1, 0.15) is 0 Å². The lowest BCUT2D eigenvalue weighted by Gasteiger charge is -2.39. The van der Waals surface area contributed by atoms with E-state index < -0.39 is 8.32 Å². The van der Waals surface area contributed by atoms with Gasteiger partial charge >= 0.3 is 0 Å². The van der Waals surface area contributed by atoms with E-state index in [1.807, 2.05) is 11.8 Å². The van der Waals surface area contributed by atoms with Gasteiger partial charge in [-0.1, -0.05) is 20.8 Å². The van der Waals surface area contributed by atoms with Crippen LogP contribution in [0.2, 0.25) is 18.1 Å². The number of hydrogen-bond donors (Lipinski definition) is 1. The van der Waals surface area contributed by atoms with Crippen LogP contribution in [0.3, 0.4) is 0 Å². The molecule has 5 heteroatoms. The van der Waals surface area contributed by atoms with E-state index in [1.54, 1.807) is 0 Å². The number of rotatable bonds is 3. The van der Waals surface area contributed by atoms with Crippen LogP contribution >= 0.6 is 11.8 Å². The molecule has 1 unspecified atom stereocenters. The van der Waals surface area contributed by atoms with Gasteiger partial charge in [-0.3, -0.25) is 4.79 Å². The summed E-state index contributed by atoms with van der Waals surface area (Å²) in [5.41, 5.74) is 0. The largest absolute Gasteiger partial charge is 0.415 e. The van der Waals surface area contributed by atoms with Crippen LogP contribution in [0.1, 0.15) is 34.1 Å². The summed E-state index contributed by atoms with van der Waals surface area (Å²) in [7, 11) is -1.72. The first kappa shape index (κ1) is 16.1. The highest BCUT2D eigenvalue weighted by Crippen LogP contribution is 2.39. The highest BCUT2D eigenvalue weighted by molar-refractivity contribution is 8.00. The molecule has 1 N–H and O–H groups in total. The van der Waals surface area contributed by atoms with Crippen LogP contribution < -0.4 is 5.32 Å². The summed E-state index contributed by atoms with van der Waals surface area (Å²) < 4.78 is 6.21. The molecule has 1 atom stereocenters. The zero-order chi connectivity index (χ0) is 14.0. The monoisotopic (exact) mass is 289 g/mol. The van der Waals surface area contributed by atoms with Crippen LogP contribution in [-0.4, -0.2) is 37.9 Å². The second kappa shape index (κ2) is 5.55. The van der Waals surface area contributed by atoms with Gasteiger partial charge in [-0.25, -0.2) is 0 Å². The molecule has 0 saturated carbocycles. The van der Waals surface area contributed by atoms with E-state index in [0.29, 0.717) is 13.0 Å². The van der Waals surface area contributed by atoms with Crippen molar-refractivity contribution in [2.45, 2.75) is 57.0 Å². The first-order valence-corrected chi connectivity index (χ1v) is 10.5. The Kier molecular flexibility index (Phi) is 4.95. The molecule has 1 saturated heterocycles. The lowest BCUT2D eigenvalue weighted by molar-refractivity contribution is -0.121. The molecule has 0 aromatic carbocycles. The van der Waals surface area contributed by atoms with Gasteiger partial charge in [0.05, 0.1) is 0 Å². The van der Waals surface area contributed by atoms with Crippen molar-refractivity contribution in [2.24, 2.45) is 0 Å². The van der Waals surface area contributed by atoms with Gasteiger partial charge in [0, 0.05) is 30.1 Å². The Bertz CT molecular complexity index is 315. The first-order valence-electron chi connectivity index (χ1n) is 6.60. The third-order valence-corrected chi connectivity index (χ3v) is 9.80. The van der Waals surface area contributed by atoms with E-state index in [9.17, 15) is 4.79 Å². The van der Waals surface area contributed by atoms with Gasteiger partial charge < -0.3 is 9.74 Å². The molecular weight excluding hydrogens is 262 g/mol. The van der Waals surface area contributed by atoms with Gasteiger partial charge in [0.15, 0.2) is 8.32 Å². The maximum atomic E-state index is 11.7. The van der Waals surface area contributed by atoms with Crippen LogP contribution in [0.4, 0.5) is 0 Å². The highest BCUT2D eigenvalue weighted by atomic mass is 32.2. The van der Waals surface area contributed by atoms with Gasteiger partial charge in [-0.05, 0) is 25.1 Å². The minimum absolute atomic E-state index is 0.0733. The standard InChI is InChI=1S/C13H27NO2SSi/c1-12(2,3)18(5,6)16-10-13(4)9-11(15)14-7-8-17-13/h7-10H2,1-6H3,(H,14,15). The van der Waals surface area contributed by atoms with Crippen molar-refractivity contribution >= 4 is 26.0 Å². The zero-order valence-electron chi connectivity index (χ0n) is 12.6. The topological polar surface area (TPSA) is 38.3 Å². The normalized spacial score (nSPS) is 26.7. The van der Waals surface area contributed by atoms with E-state index in [-0.39, 0.29) is 15.7 Å². The molecule has 0 radical (unpaired) electrons. The van der Waals surface area contributed by atoms with Gasteiger partial charge in [0.25, 0.3) is 0 Å². The maximum absolute atomic E-state index is 11.7. The third-order valence-electron chi connectivity index (χ3n) is 3.95. The van der Waals surface area contributed by atoms with Crippen molar-refractivity contribution in [3.8, 4) is 0 Å². The minimum atomic E-state index is -1.72. The second-order valence-corrected chi connectivity index (χ2v) is 13.4. The Morgan fingerprint density at radius 3 is 2.61 bits per heavy atom. The molecule has 106 valence electrons. The van der Waals surface area contributed by atoms with Crippen molar-refractivity contribution in [3.63, 3.8) is 0 Å². The summed E-state index contributed by atoms with van der Waals surface area (Å²) in [4.78, 5) is 11.7. The van der Waals surface area contributed by atoms with E-state index >= 15 is 0 Å². The summed E-state index contributed by atoms with van der Waals surface area (Å²) in [6.07, 6.45) is 0.562. The summed E-state index contributed by atoms with van der Waals surface area (Å²) in [6.45, 7) is 14.9. The number of nitrogens with one attached hydrogen (secondary N) is 1. The highest BCUT2D eigenvalue weighted by Gasteiger charge is 2.40. The fourth-order valence-electron chi connectivity index (χ4n) is 1.58. The van der Waals surface area contributed by atoms with Crippen LogP contribution in [-0.2, 0) is 9.22 Å². The molecule has 1 rings (SSSR count). The fraction of sp³-hybridized carbons (Fsp3) is 0.923. The number of amides is 1. The van der Waals surface area contributed by atoms with Crippen LogP contribution in [0.15, 0.2) is 0 Å². The Morgan fingerprint density at radius 2 is 2.06 bits per heavy atom. The van der Waals surface area contributed by atoms with Gasteiger partial charge in [-0.15, -0.1) is 0 Å². The maximum Gasteiger partial charge on any atom is 0.221 e. The molecule has 1 amide bonds. The van der Waals surface area contributed by atoms with Crippen LogP contribution in [0.5, 0.6) is 0 Å². The van der Waals surface area contributed by atoms with Gasteiger partial charge in [-0.2, -0.15) is 11.8 Å². The quantitative estimate of drug-likeness (QED) is 0.812. The van der Waals surface area contributed by atoms with E-state index in [0.717, 1.165) is 12.3 Å². The molecule has 1 aliphatic rings. The minimum Gasteiger partial charge on any atom is -0.415 e. The lowest BCUT2D eigenvalue weighted by Crippen LogP contribution is -2.45. The third kappa shape index (κ3) is 4.28. The van der Waals surface area contributed by atoms with Crippen molar-refractivity contribution in [3.05, 3.63) is 0 Å². The van der Waals surface area contributed by atoms with Crippen LogP contribution in [0.25, 0.3) is 0 Å². The Hall–Kier alpha value is -0.00312. The number of carbonyl (C=O) groups is 1. The van der Waals surface area contributed by atoms with E-state index in [1.165, 1.54) is 0 Å². The fourth-order valence-corrected chi connectivity index (χ4v) is 3.87. The van der Waals surface area contributed by atoms with E-state index in [2.05, 4.69) is 46.1 Å². The molecule has 1 heterocycles. The van der Waals surface area contributed by atoms with Crippen molar-refractivity contribution in [1.29, 1.82) is 0 Å². The number of thioether (sulfide) groups is 1. The SMILES string of the molecule is CC1(CO[Si](C)(C)C(C)(C)C)CC(=O)NCCS1. The summed E-state index contributed by atoms with van der Waals surface area (Å²) in [5, 5.41) is 3.15. The molecule has 3 nitrogen and oxygen atoms in total. The molecule has 1 aliphatic heterocycles. The average molecular weight is 290 g/mol. The molecule has 0 bridgehead atoms. The smallest absolute Gasteiger partial charge is 0.221 e. The zero-order valence-corrected chi connectivity index (χ0v) is 14.4. The molecule has 18 heavy (non-hydrogen) atoms. The molecule has 0 aromatic heterocycles. The summed E-state index contributed by atoms with van der Waals surface area (Å²) in [6, 6.07) is 0. The predicted octanol–water partition coefficient (Wildman–Crippen LogP) is 3.02. The van der Waals surface area contributed by atoms with E-state index in [4.69, 9.17) is 4.43 Å². The molecule has 1 fully saturated rings. The molecule has 0 aromatic rings. The average Bonchev–Trinajstić information content (AvgIpc) is 2.36. The van der Waals surface area contributed by atoms with Crippen molar-refractivity contribution in [2.75, 3.05) is 18.9 Å². The lowest BCUT2D eigenvalue weighted by atomic mass is 10.1. The number of hydrogen-bond acceptors (Lipinski definition) is 3. The first-order chi connectivity index (χ1) is 8.06. The molecular formula is C13H27NO2SSi. The predicted molar refractivity (Wildman–Crippen MR) is 81.6 cm³/mol. The number of carbonyl (C=O) groups excluding carboxylic acids is 1. The summed E-state index contributed by atoms with van der Waals surface area (Å²) >= 11 is 1.86. The second-order valence-electron chi connectivity index (χ2n) is 6.87. The summed E-state index contributed by atoms with van der Waals surface area (Å²) in [5.74, 6) is 1.13. The Labute approximate surface area is 117 Å². The Morgan fingerprint density at radius 1 is 1.44 bits per heavy atom.